The summed E-state index contributed by atoms with van der Waals surface area (Å²) in [6.07, 6.45) is 0.990. The maximum atomic E-state index is 12.5. The van der Waals surface area contributed by atoms with Crippen LogP contribution < -0.4 is 4.72 Å². The van der Waals surface area contributed by atoms with Crippen LogP contribution in [0.5, 0.6) is 0 Å². The molecule has 7 heteroatoms. The smallest absolute Gasteiger partial charge is 0.240 e. The Morgan fingerprint density at radius 3 is 2.72 bits per heavy atom. The Labute approximate surface area is 151 Å². The molecule has 0 aliphatic rings. The Balaban J connectivity index is 1.78. The molecule has 0 unspecified atom stereocenters. The second-order valence-electron chi connectivity index (χ2n) is 6.02. The Kier molecular flexibility index (Phi) is 4.88. The van der Waals surface area contributed by atoms with Crippen molar-refractivity contribution in [1.29, 1.82) is 0 Å². The lowest BCUT2D eigenvalue weighted by Crippen LogP contribution is -2.29. The molecule has 0 aliphatic carbocycles. The molecule has 0 bridgehead atoms. The zero-order valence-electron chi connectivity index (χ0n) is 13.9. The van der Waals surface area contributed by atoms with Gasteiger partial charge in [-0.15, -0.1) is 0 Å². The molecule has 3 rings (SSSR count). The number of halogens is 1. The maximum absolute atomic E-state index is 12.5. The molecule has 1 aromatic heterocycles. The van der Waals surface area contributed by atoms with Gasteiger partial charge in [-0.3, -0.25) is 0 Å². The fourth-order valence-corrected chi connectivity index (χ4v) is 4.30. The van der Waals surface area contributed by atoms with Crippen LogP contribution in [0.4, 0.5) is 0 Å². The molecule has 0 amide bonds. The highest BCUT2D eigenvalue weighted by molar-refractivity contribution is 7.89. The highest BCUT2D eigenvalue weighted by Gasteiger charge is 2.19. The van der Waals surface area contributed by atoms with Crippen LogP contribution in [-0.4, -0.2) is 24.6 Å². The highest BCUT2D eigenvalue weighted by Crippen LogP contribution is 2.23. The minimum Gasteiger partial charge on any atom is -0.387 e. The summed E-state index contributed by atoms with van der Waals surface area (Å²) in [5.41, 5.74) is 2.30. The number of benzene rings is 2. The van der Waals surface area contributed by atoms with Gasteiger partial charge in [-0.2, -0.15) is 0 Å². The summed E-state index contributed by atoms with van der Waals surface area (Å²) in [5, 5.41) is 11.7. The quantitative estimate of drug-likeness (QED) is 0.716. The fourth-order valence-electron chi connectivity index (χ4n) is 2.76. The van der Waals surface area contributed by atoms with Gasteiger partial charge in [0, 0.05) is 30.3 Å². The molecule has 1 atom stereocenters. The third-order valence-corrected chi connectivity index (χ3v) is 6.00. The summed E-state index contributed by atoms with van der Waals surface area (Å²) in [5.74, 6) is 0. The fraction of sp³-hybridized carbons (Fsp3) is 0.222. The molecule has 0 saturated heterocycles. The largest absolute Gasteiger partial charge is 0.387 e. The van der Waals surface area contributed by atoms with Crippen LogP contribution in [0, 0.1) is 6.92 Å². The number of fused-ring (bicyclic) bond motifs is 1. The van der Waals surface area contributed by atoms with E-state index in [1.165, 1.54) is 6.07 Å². The normalized spacial score (nSPS) is 13.3. The van der Waals surface area contributed by atoms with E-state index in [1.54, 1.807) is 25.1 Å². The van der Waals surface area contributed by atoms with E-state index in [2.05, 4.69) is 4.72 Å². The minimum absolute atomic E-state index is 0.116. The molecule has 132 valence electrons. The molecule has 1 heterocycles. The van der Waals surface area contributed by atoms with Crippen molar-refractivity contribution in [3.63, 3.8) is 0 Å². The first-order valence-electron chi connectivity index (χ1n) is 7.77. The lowest BCUT2D eigenvalue weighted by atomic mass is 10.1. The van der Waals surface area contributed by atoms with Crippen molar-refractivity contribution in [2.24, 2.45) is 7.05 Å². The molecule has 3 aromatic rings. The van der Waals surface area contributed by atoms with Crippen molar-refractivity contribution in [2.75, 3.05) is 6.54 Å². The van der Waals surface area contributed by atoms with Gasteiger partial charge in [0.05, 0.1) is 11.0 Å². The van der Waals surface area contributed by atoms with Gasteiger partial charge in [0.25, 0.3) is 0 Å². The minimum atomic E-state index is -3.75. The van der Waals surface area contributed by atoms with Crippen LogP contribution in [0.2, 0.25) is 5.02 Å². The molecule has 0 spiro atoms. The monoisotopic (exact) mass is 378 g/mol. The number of sulfonamides is 1. The van der Waals surface area contributed by atoms with Crippen LogP contribution in [0.1, 0.15) is 17.2 Å². The van der Waals surface area contributed by atoms with Gasteiger partial charge in [-0.05, 0) is 53.8 Å². The Hall–Kier alpha value is -1.86. The molecular formula is C18H19ClN2O3S. The van der Waals surface area contributed by atoms with Crippen molar-refractivity contribution in [3.05, 3.63) is 64.8 Å². The zero-order chi connectivity index (χ0) is 18.2. The molecule has 0 aliphatic heterocycles. The Morgan fingerprint density at radius 2 is 1.96 bits per heavy atom. The van der Waals surface area contributed by atoms with E-state index in [4.69, 9.17) is 11.6 Å². The number of aromatic nitrogens is 1. The highest BCUT2D eigenvalue weighted by atomic mass is 35.5. The first kappa shape index (κ1) is 17.9. The van der Waals surface area contributed by atoms with Crippen LogP contribution in [0.3, 0.4) is 0 Å². The molecule has 0 fully saturated rings. The number of rotatable bonds is 5. The Morgan fingerprint density at radius 1 is 1.20 bits per heavy atom. The van der Waals surface area contributed by atoms with Gasteiger partial charge in [-0.25, -0.2) is 13.1 Å². The molecular weight excluding hydrogens is 360 g/mol. The average Bonchev–Trinajstić information content (AvgIpc) is 2.95. The summed E-state index contributed by atoms with van der Waals surface area (Å²) in [6, 6.07) is 12.2. The van der Waals surface area contributed by atoms with Crippen LogP contribution in [0.15, 0.2) is 53.6 Å². The van der Waals surface area contributed by atoms with E-state index < -0.39 is 16.1 Å². The number of hydrogen-bond donors (Lipinski definition) is 2. The predicted octanol–water partition coefficient (Wildman–Crippen LogP) is 3.15. The van der Waals surface area contributed by atoms with Crippen molar-refractivity contribution in [1.82, 2.24) is 9.29 Å². The number of hydrogen-bond acceptors (Lipinski definition) is 3. The second-order valence-corrected chi connectivity index (χ2v) is 8.19. The van der Waals surface area contributed by atoms with E-state index >= 15 is 0 Å². The van der Waals surface area contributed by atoms with Crippen LogP contribution in [-0.2, 0) is 17.1 Å². The lowest BCUT2D eigenvalue weighted by molar-refractivity contribution is 0.182. The number of aryl methyl sites for hydroxylation is 2. The molecule has 0 radical (unpaired) electrons. The summed E-state index contributed by atoms with van der Waals surface area (Å²) < 4.78 is 29.4. The summed E-state index contributed by atoms with van der Waals surface area (Å²) in [7, 11) is -1.81. The molecule has 0 saturated carbocycles. The SMILES string of the molecule is Cc1ccc(Cl)cc1S(=O)(=O)NC[C@H](O)c1ccc2c(ccn2C)c1. The van der Waals surface area contributed by atoms with Crippen molar-refractivity contribution >= 4 is 32.5 Å². The van der Waals surface area contributed by atoms with Crippen LogP contribution in [0.25, 0.3) is 10.9 Å². The number of nitrogens with zero attached hydrogens (tertiary/aromatic N) is 1. The van der Waals surface area contributed by atoms with Gasteiger partial charge < -0.3 is 9.67 Å². The summed E-state index contributed by atoms with van der Waals surface area (Å²) in [4.78, 5) is 0.116. The number of nitrogens with one attached hydrogen (secondary N) is 1. The van der Waals surface area contributed by atoms with Gasteiger partial charge in [0.1, 0.15) is 0 Å². The third-order valence-electron chi connectivity index (χ3n) is 4.20. The molecule has 25 heavy (non-hydrogen) atoms. The van der Waals surface area contributed by atoms with E-state index in [9.17, 15) is 13.5 Å². The van der Waals surface area contributed by atoms with Gasteiger partial charge in [-0.1, -0.05) is 23.7 Å². The second kappa shape index (κ2) is 6.80. The first-order chi connectivity index (χ1) is 11.8. The molecule has 5 nitrogen and oxygen atoms in total. The summed E-state index contributed by atoms with van der Waals surface area (Å²) in [6.45, 7) is 1.58. The Bertz CT molecular complexity index is 1030. The van der Waals surface area contributed by atoms with Gasteiger partial charge in [0.2, 0.25) is 10.0 Å². The van der Waals surface area contributed by atoms with E-state index in [0.29, 0.717) is 16.1 Å². The molecule has 2 N–H and O–H groups in total. The average molecular weight is 379 g/mol. The maximum Gasteiger partial charge on any atom is 0.240 e. The van der Waals surface area contributed by atoms with Crippen molar-refractivity contribution in [3.8, 4) is 0 Å². The van der Waals surface area contributed by atoms with E-state index in [-0.39, 0.29) is 11.4 Å². The third kappa shape index (κ3) is 3.72. The van der Waals surface area contributed by atoms with Gasteiger partial charge >= 0.3 is 0 Å². The van der Waals surface area contributed by atoms with Crippen LogP contribution >= 0.6 is 11.6 Å². The molecule has 2 aromatic carbocycles. The summed E-state index contributed by atoms with van der Waals surface area (Å²) >= 11 is 5.90. The zero-order valence-corrected chi connectivity index (χ0v) is 15.5. The topological polar surface area (TPSA) is 71.3 Å². The van der Waals surface area contributed by atoms with Crippen molar-refractivity contribution in [2.45, 2.75) is 17.9 Å². The van der Waals surface area contributed by atoms with Gasteiger partial charge in [0.15, 0.2) is 0 Å². The standard InChI is InChI=1S/C18H19ClN2O3S/c1-12-3-5-15(19)10-18(12)25(23,24)20-11-17(22)14-4-6-16-13(9-14)7-8-21(16)2/h3-10,17,20,22H,11H2,1-2H3/t17-/m0/s1. The number of aliphatic hydroxyl groups is 1. The lowest BCUT2D eigenvalue weighted by Gasteiger charge is -2.14. The number of aliphatic hydroxyl groups excluding tert-OH is 1. The van der Waals surface area contributed by atoms with Crippen molar-refractivity contribution < 1.29 is 13.5 Å². The first-order valence-corrected chi connectivity index (χ1v) is 9.63. The predicted molar refractivity (Wildman–Crippen MR) is 99.3 cm³/mol. The van der Waals surface area contributed by atoms with E-state index in [1.807, 2.05) is 36.0 Å². The van der Waals surface area contributed by atoms with E-state index in [0.717, 1.165) is 10.9 Å².